The van der Waals surface area contributed by atoms with Crippen molar-refractivity contribution in [2.75, 3.05) is 12.4 Å². The third kappa shape index (κ3) is 3.72. The van der Waals surface area contributed by atoms with Gasteiger partial charge in [0.05, 0.1) is 7.11 Å². The minimum Gasteiger partial charge on any atom is -0.496 e. The topological polar surface area (TPSA) is 67.0 Å². The summed E-state index contributed by atoms with van der Waals surface area (Å²) in [4.78, 5) is 11.9. The van der Waals surface area contributed by atoms with Gasteiger partial charge in [0.2, 0.25) is 5.91 Å². The van der Waals surface area contributed by atoms with Gasteiger partial charge in [-0.1, -0.05) is 15.9 Å². The number of carbonyl (C=O) groups is 1. The van der Waals surface area contributed by atoms with Crippen molar-refractivity contribution in [2.24, 2.45) is 0 Å². The van der Waals surface area contributed by atoms with E-state index in [9.17, 15) is 4.79 Å². The highest BCUT2D eigenvalue weighted by Gasteiger charge is 2.07. The number of aryl methyl sites for hydroxylation is 1. The average molecular weight is 350 g/mol. The van der Waals surface area contributed by atoms with Crippen LogP contribution in [0.5, 0.6) is 5.75 Å². The SMILES string of the molecule is COc1ccc(Br)cc1/C=C/C(=O)Nc1n[nH]c(C)c1C. The fourth-order valence-electron chi connectivity index (χ4n) is 1.77. The Hall–Kier alpha value is -2.08. The number of aromatic amines is 1. The molecule has 1 amide bonds. The van der Waals surface area contributed by atoms with E-state index >= 15 is 0 Å². The van der Waals surface area contributed by atoms with Crippen LogP contribution in [-0.2, 0) is 4.79 Å². The molecule has 110 valence electrons. The van der Waals surface area contributed by atoms with Crippen molar-refractivity contribution in [1.29, 1.82) is 0 Å². The number of H-pyrrole nitrogens is 1. The molecule has 0 aliphatic carbocycles. The maximum Gasteiger partial charge on any atom is 0.249 e. The number of nitrogens with one attached hydrogen (secondary N) is 2. The molecule has 21 heavy (non-hydrogen) atoms. The normalized spacial score (nSPS) is 10.9. The van der Waals surface area contributed by atoms with Gasteiger partial charge in [0.15, 0.2) is 5.82 Å². The van der Waals surface area contributed by atoms with Crippen LogP contribution in [0.25, 0.3) is 6.08 Å². The van der Waals surface area contributed by atoms with Gasteiger partial charge >= 0.3 is 0 Å². The van der Waals surface area contributed by atoms with Crippen molar-refractivity contribution in [2.45, 2.75) is 13.8 Å². The number of amides is 1. The van der Waals surface area contributed by atoms with E-state index in [1.165, 1.54) is 6.08 Å². The molecule has 1 aromatic heterocycles. The number of rotatable bonds is 4. The van der Waals surface area contributed by atoms with E-state index in [1.807, 2.05) is 32.0 Å². The van der Waals surface area contributed by atoms with Gasteiger partial charge in [-0.05, 0) is 38.1 Å². The Labute approximate surface area is 131 Å². The van der Waals surface area contributed by atoms with Crippen LogP contribution in [0, 0.1) is 13.8 Å². The highest BCUT2D eigenvalue weighted by atomic mass is 79.9. The number of hydrogen-bond acceptors (Lipinski definition) is 3. The molecule has 2 N–H and O–H groups in total. The summed E-state index contributed by atoms with van der Waals surface area (Å²) in [6.45, 7) is 3.80. The summed E-state index contributed by atoms with van der Waals surface area (Å²) in [6.07, 6.45) is 3.15. The highest BCUT2D eigenvalue weighted by molar-refractivity contribution is 9.10. The smallest absolute Gasteiger partial charge is 0.249 e. The molecule has 0 atom stereocenters. The number of hydrogen-bond donors (Lipinski definition) is 2. The Balaban J connectivity index is 2.12. The van der Waals surface area contributed by atoms with Gasteiger partial charge in [-0.15, -0.1) is 0 Å². The summed E-state index contributed by atoms with van der Waals surface area (Å²) < 4.78 is 6.17. The molecular weight excluding hydrogens is 334 g/mol. The lowest BCUT2D eigenvalue weighted by Crippen LogP contribution is -2.09. The second kappa shape index (κ2) is 6.58. The number of anilines is 1. The molecule has 0 bridgehead atoms. The standard InChI is InChI=1S/C15H16BrN3O2/c1-9-10(2)18-19-15(9)17-14(20)7-4-11-8-12(16)5-6-13(11)21-3/h4-8H,1-3H3,(H2,17,18,19,20)/b7-4+. The third-order valence-electron chi connectivity index (χ3n) is 3.10. The molecule has 0 aliphatic rings. The van der Waals surface area contributed by atoms with Gasteiger partial charge in [-0.2, -0.15) is 5.10 Å². The molecule has 2 rings (SSSR count). The van der Waals surface area contributed by atoms with Crippen LogP contribution < -0.4 is 10.1 Å². The number of carbonyl (C=O) groups excluding carboxylic acids is 1. The monoisotopic (exact) mass is 349 g/mol. The first-order valence-corrected chi connectivity index (χ1v) is 7.14. The van der Waals surface area contributed by atoms with E-state index < -0.39 is 0 Å². The van der Waals surface area contributed by atoms with Crippen molar-refractivity contribution >= 4 is 33.7 Å². The Morgan fingerprint density at radius 1 is 1.43 bits per heavy atom. The van der Waals surface area contributed by atoms with Crippen LogP contribution in [0.15, 0.2) is 28.7 Å². The predicted molar refractivity (Wildman–Crippen MR) is 86.4 cm³/mol. The minimum atomic E-state index is -0.244. The van der Waals surface area contributed by atoms with E-state index in [2.05, 4.69) is 31.4 Å². The average Bonchev–Trinajstić information content (AvgIpc) is 2.77. The summed E-state index contributed by atoms with van der Waals surface area (Å²) in [7, 11) is 1.59. The van der Waals surface area contributed by atoms with Crippen LogP contribution in [-0.4, -0.2) is 23.2 Å². The zero-order valence-electron chi connectivity index (χ0n) is 12.0. The number of nitrogens with zero attached hydrogens (tertiary/aromatic N) is 1. The molecule has 0 spiro atoms. The van der Waals surface area contributed by atoms with Crippen LogP contribution in [0.4, 0.5) is 5.82 Å². The largest absolute Gasteiger partial charge is 0.496 e. The predicted octanol–water partition coefficient (Wildman–Crippen LogP) is 3.45. The zero-order valence-corrected chi connectivity index (χ0v) is 13.6. The first-order chi connectivity index (χ1) is 10.0. The highest BCUT2D eigenvalue weighted by Crippen LogP contribution is 2.24. The van der Waals surface area contributed by atoms with Crippen molar-refractivity contribution in [1.82, 2.24) is 10.2 Å². The molecule has 0 unspecified atom stereocenters. The Morgan fingerprint density at radius 3 is 2.81 bits per heavy atom. The van der Waals surface area contributed by atoms with Crippen molar-refractivity contribution in [3.63, 3.8) is 0 Å². The summed E-state index contributed by atoms with van der Waals surface area (Å²) in [5, 5.41) is 9.59. The molecule has 0 radical (unpaired) electrons. The fourth-order valence-corrected chi connectivity index (χ4v) is 2.14. The molecule has 5 nitrogen and oxygen atoms in total. The second-order valence-electron chi connectivity index (χ2n) is 4.53. The van der Waals surface area contributed by atoms with Gasteiger partial charge in [0.1, 0.15) is 5.75 Å². The van der Waals surface area contributed by atoms with Crippen LogP contribution in [0.3, 0.4) is 0 Å². The number of benzene rings is 1. The van der Waals surface area contributed by atoms with Gasteiger partial charge in [-0.25, -0.2) is 0 Å². The molecule has 0 saturated carbocycles. The van der Waals surface area contributed by atoms with Gasteiger partial charge in [0, 0.05) is 27.4 Å². The van der Waals surface area contributed by atoms with E-state index in [0.29, 0.717) is 11.6 Å². The summed E-state index contributed by atoms with van der Waals surface area (Å²) >= 11 is 3.39. The van der Waals surface area contributed by atoms with Crippen molar-refractivity contribution in [3.05, 3.63) is 45.6 Å². The van der Waals surface area contributed by atoms with E-state index in [0.717, 1.165) is 21.3 Å². The molecule has 6 heteroatoms. The van der Waals surface area contributed by atoms with Crippen molar-refractivity contribution < 1.29 is 9.53 Å². The van der Waals surface area contributed by atoms with E-state index in [4.69, 9.17) is 4.74 Å². The third-order valence-corrected chi connectivity index (χ3v) is 3.59. The Morgan fingerprint density at radius 2 is 2.19 bits per heavy atom. The molecular formula is C15H16BrN3O2. The lowest BCUT2D eigenvalue weighted by molar-refractivity contribution is -0.111. The quantitative estimate of drug-likeness (QED) is 0.830. The van der Waals surface area contributed by atoms with Crippen LogP contribution in [0.2, 0.25) is 0 Å². The molecule has 1 aromatic carbocycles. The van der Waals surface area contributed by atoms with Gasteiger partial charge in [0.25, 0.3) is 0 Å². The van der Waals surface area contributed by atoms with Gasteiger partial charge in [-0.3, -0.25) is 9.89 Å². The Bertz CT molecular complexity index is 692. The summed E-state index contributed by atoms with van der Waals surface area (Å²) in [5.74, 6) is 1.00. The zero-order chi connectivity index (χ0) is 15.4. The van der Waals surface area contributed by atoms with E-state index in [1.54, 1.807) is 13.2 Å². The number of halogens is 1. The Kier molecular flexibility index (Phi) is 4.80. The molecule has 0 fully saturated rings. The molecule has 0 saturated heterocycles. The number of methoxy groups -OCH3 is 1. The first-order valence-electron chi connectivity index (χ1n) is 6.35. The molecule has 2 aromatic rings. The first kappa shape index (κ1) is 15.3. The van der Waals surface area contributed by atoms with Crippen molar-refractivity contribution in [3.8, 4) is 5.75 Å². The fraction of sp³-hybridized carbons (Fsp3) is 0.200. The summed E-state index contributed by atoms with van der Waals surface area (Å²) in [6, 6.07) is 5.60. The van der Waals surface area contributed by atoms with E-state index in [-0.39, 0.29) is 5.91 Å². The van der Waals surface area contributed by atoms with Crippen LogP contribution in [0.1, 0.15) is 16.8 Å². The number of aromatic nitrogens is 2. The number of ether oxygens (including phenoxy) is 1. The lowest BCUT2D eigenvalue weighted by atomic mass is 10.2. The van der Waals surface area contributed by atoms with Crippen LogP contribution >= 0.6 is 15.9 Å². The summed E-state index contributed by atoms with van der Waals surface area (Å²) in [5.41, 5.74) is 2.68. The molecule has 0 aliphatic heterocycles. The molecule has 1 heterocycles. The van der Waals surface area contributed by atoms with Gasteiger partial charge < -0.3 is 10.1 Å². The maximum atomic E-state index is 11.9. The maximum absolute atomic E-state index is 11.9. The lowest BCUT2D eigenvalue weighted by Gasteiger charge is -2.05. The second-order valence-corrected chi connectivity index (χ2v) is 5.45. The minimum absolute atomic E-state index is 0.244.